The summed E-state index contributed by atoms with van der Waals surface area (Å²) in [4.78, 5) is 15.4. The average Bonchev–Trinajstić information content (AvgIpc) is 2.79. The largest absolute Gasteiger partial charge is 0.481 e. The molecule has 1 heterocycles. The first-order valence-electron chi connectivity index (χ1n) is 11.7. The van der Waals surface area contributed by atoms with E-state index in [1.54, 1.807) is 12.4 Å². The van der Waals surface area contributed by atoms with Gasteiger partial charge in [-0.05, 0) is 73.9 Å². The molecule has 0 saturated heterocycles. The molecule has 0 radical (unpaired) electrons. The Hall–Kier alpha value is -3.29. The molecule has 35 heavy (non-hydrogen) atoms. The molecule has 2 aromatic carbocycles. The van der Waals surface area contributed by atoms with Gasteiger partial charge in [0.15, 0.2) is 0 Å². The van der Waals surface area contributed by atoms with Crippen molar-refractivity contribution in [1.82, 2.24) is 9.71 Å². The second-order valence-electron chi connectivity index (χ2n) is 8.72. The lowest BCUT2D eigenvalue weighted by Gasteiger charge is -2.13. The number of aliphatic carboxylic acids is 1. The molecule has 0 aliphatic rings. The quantitative estimate of drug-likeness (QED) is 0.358. The van der Waals surface area contributed by atoms with Gasteiger partial charge in [-0.2, -0.15) is 0 Å². The number of hydrogen-bond donors (Lipinski definition) is 2. The Balaban J connectivity index is 1.69. The van der Waals surface area contributed by atoms with Crippen LogP contribution in [-0.2, 0) is 21.2 Å². The molecule has 2 N–H and O–H groups in total. The summed E-state index contributed by atoms with van der Waals surface area (Å²) in [5, 5.41) is 8.89. The Morgan fingerprint density at radius 3 is 2.31 bits per heavy atom. The maximum absolute atomic E-state index is 12.9. The van der Waals surface area contributed by atoms with Crippen LogP contribution in [-0.4, -0.2) is 31.0 Å². The Morgan fingerprint density at radius 2 is 1.71 bits per heavy atom. The molecule has 184 valence electrons. The maximum Gasteiger partial charge on any atom is 0.303 e. The van der Waals surface area contributed by atoms with E-state index in [0.29, 0.717) is 30.7 Å². The first-order valence-corrected chi connectivity index (χ1v) is 13.1. The van der Waals surface area contributed by atoms with Crippen molar-refractivity contribution < 1.29 is 18.3 Å². The van der Waals surface area contributed by atoms with Crippen LogP contribution < -0.4 is 4.72 Å². The number of aryl methyl sites for hydroxylation is 3. The molecule has 1 aromatic heterocycles. The summed E-state index contributed by atoms with van der Waals surface area (Å²) < 4.78 is 28.5. The summed E-state index contributed by atoms with van der Waals surface area (Å²) in [5.74, 6) is -0.797. The van der Waals surface area contributed by atoms with Crippen LogP contribution in [0.4, 0.5) is 0 Å². The molecule has 0 spiro atoms. The third-order valence-electron chi connectivity index (χ3n) is 5.76. The van der Waals surface area contributed by atoms with Gasteiger partial charge >= 0.3 is 5.97 Å². The topological polar surface area (TPSA) is 96.4 Å². The summed E-state index contributed by atoms with van der Waals surface area (Å²) in [6.45, 7) is 5.90. The van der Waals surface area contributed by atoms with Crippen LogP contribution in [0.3, 0.4) is 0 Å². The third-order valence-corrected chi connectivity index (χ3v) is 7.53. The average molecular weight is 493 g/mol. The van der Waals surface area contributed by atoms with Crippen LogP contribution in [0.15, 0.2) is 71.9 Å². The van der Waals surface area contributed by atoms with Crippen LogP contribution in [0.25, 0.3) is 5.57 Å². The summed E-state index contributed by atoms with van der Waals surface area (Å²) in [5.41, 5.74) is 6.53. The minimum Gasteiger partial charge on any atom is -0.481 e. The van der Waals surface area contributed by atoms with Gasteiger partial charge in [0.25, 0.3) is 0 Å². The third kappa shape index (κ3) is 7.34. The van der Waals surface area contributed by atoms with Crippen molar-refractivity contribution in [2.24, 2.45) is 0 Å². The zero-order chi connectivity index (χ0) is 25.4. The number of carboxylic acid groups (broad SMARTS) is 1. The van der Waals surface area contributed by atoms with Crippen molar-refractivity contribution in [1.29, 1.82) is 0 Å². The minimum atomic E-state index is -3.59. The van der Waals surface area contributed by atoms with Crippen LogP contribution in [0.2, 0.25) is 0 Å². The number of aromatic nitrogens is 1. The summed E-state index contributed by atoms with van der Waals surface area (Å²) in [6.07, 6.45) is 7.47. The molecule has 0 saturated carbocycles. The molecule has 3 rings (SSSR count). The lowest BCUT2D eigenvalue weighted by atomic mass is 9.96. The number of hydrogen-bond acceptors (Lipinski definition) is 4. The second kappa shape index (κ2) is 11.9. The highest BCUT2D eigenvalue weighted by Gasteiger charge is 2.19. The highest BCUT2D eigenvalue weighted by atomic mass is 32.2. The summed E-state index contributed by atoms with van der Waals surface area (Å²) in [6, 6.07) is 15.6. The van der Waals surface area contributed by atoms with E-state index < -0.39 is 16.0 Å². The molecular formula is C28H32N2O4S. The molecule has 0 unspecified atom stereocenters. The fourth-order valence-electron chi connectivity index (χ4n) is 4.27. The molecule has 7 heteroatoms. The van der Waals surface area contributed by atoms with Gasteiger partial charge in [0.1, 0.15) is 0 Å². The second-order valence-corrected chi connectivity index (χ2v) is 10.4. The number of carboxylic acids is 1. The summed E-state index contributed by atoms with van der Waals surface area (Å²) in [7, 11) is -3.59. The Labute approximate surface area is 207 Å². The number of carbonyl (C=O) groups is 1. The van der Waals surface area contributed by atoms with Gasteiger partial charge in [-0.15, -0.1) is 0 Å². The first kappa shape index (κ1) is 26.3. The Morgan fingerprint density at radius 1 is 1.03 bits per heavy atom. The Kier molecular flexibility index (Phi) is 8.95. The van der Waals surface area contributed by atoms with Gasteiger partial charge in [-0.3, -0.25) is 9.78 Å². The van der Waals surface area contributed by atoms with E-state index in [2.05, 4.69) is 15.8 Å². The van der Waals surface area contributed by atoms with E-state index in [0.717, 1.165) is 39.0 Å². The summed E-state index contributed by atoms with van der Waals surface area (Å²) >= 11 is 0. The van der Waals surface area contributed by atoms with Crippen LogP contribution in [0.5, 0.6) is 0 Å². The molecule has 0 bridgehead atoms. The number of allylic oxidation sites excluding steroid dienone is 1. The zero-order valence-corrected chi connectivity index (χ0v) is 21.2. The standard InChI is InChI=1S/C28H32N2O4S/c1-20-17-21(2)28(22(3)18-20)35(33,34)30-16-14-23-10-12-24(13-11-23)26(8-4-5-9-27(31)32)25-7-6-15-29-19-25/h6-8,10-13,15,17-19,30H,4-5,9,14,16H2,1-3H3,(H,31,32). The van der Waals surface area contributed by atoms with E-state index in [9.17, 15) is 13.2 Å². The molecule has 0 atom stereocenters. The number of rotatable bonds is 11. The van der Waals surface area contributed by atoms with Crippen molar-refractivity contribution in [3.8, 4) is 0 Å². The van der Waals surface area contributed by atoms with E-state index >= 15 is 0 Å². The van der Waals surface area contributed by atoms with E-state index in [-0.39, 0.29) is 6.42 Å². The van der Waals surface area contributed by atoms with Gasteiger partial charge in [0.2, 0.25) is 10.0 Å². The van der Waals surface area contributed by atoms with Crippen LogP contribution >= 0.6 is 0 Å². The number of pyridine rings is 1. The highest BCUT2D eigenvalue weighted by Crippen LogP contribution is 2.25. The normalized spacial score (nSPS) is 12.0. The number of benzene rings is 2. The highest BCUT2D eigenvalue weighted by molar-refractivity contribution is 7.89. The van der Waals surface area contributed by atoms with Gasteiger partial charge in [0, 0.05) is 30.9 Å². The fourth-order valence-corrected chi connectivity index (χ4v) is 5.75. The lowest BCUT2D eigenvalue weighted by molar-refractivity contribution is -0.137. The Bertz CT molecular complexity index is 1280. The van der Waals surface area contributed by atoms with E-state index in [4.69, 9.17) is 5.11 Å². The molecule has 6 nitrogen and oxygen atoms in total. The van der Waals surface area contributed by atoms with Crippen molar-refractivity contribution in [2.45, 2.75) is 51.3 Å². The first-order chi connectivity index (χ1) is 16.7. The molecule has 0 aliphatic carbocycles. The SMILES string of the molecule is Cc1cc(C)c(S(=O)(=O)NCCc2ccc(C(=CCCCC(=O)O)c3cccnc3)cc2)c(C)c1. The van der Waals surface area contributed by atoms with Crippen molar-refractivity contribution in [3.05, 3.63) is 100 Å². The monoisotopic (exact) mass is 492 g/mol. The number of nitrogens with zero attached hydrogens (tertiary/aromatic N) is 1. The molecular weight excluding hydrogens is 460 g/mol. The molecule has 3 aromatic rings. The van der Waals surface area contributed by atoms with Crippen LogP contribution in [0.1, 0.15) is 52.6 Å². The molecule has 0 aliphatic heterocycles. The maximum atomic E-state index is 12.9. The number of nitrogens with one attached hydrogen (secondary N) is 1. The number of sulfonamides is 1. The van der Waals surface area contributed by atoms with Crippen molar-refractivity contribution in [3.63, 3.8) is 0 Å². The van der Waals surface area contributed by atoms with Gasteiger partial charge < -0.3 is 5.11 Å². The smallest absolute Gasteiger partial charge is 0.303 e. The van der Waals surface area contributed by atoms with E-state index in [1.807, 2.05) is 69.3 Å². The zero-order valence-electron chi connectivity index (χ0n) is 20.4. The van der Waals surface area contributed by atoms with Gasteiger partial charge in [0.05, 0.1) is 4.90 Å². The predicted octanol–water partition coefficient (Wildman–Crippen LogP) is 5.21. The molecule has 0 amide bonds. The predicted molar refractivity (Wildman–Crippen MR) is 139 cm³/mol. The van der Waals surface area contributed by atoms with Crippen LogP contribution in [0, 0.1) is 20.8 Å². The van der Waals surface area contributed by atoms with Gasteiger partial charge in [-0.25, -0.2) is 13.1 Å². The lowest BCUT2D eigenvalue weighted by Crippen LogP contribution is -2.27. The van der Waals surface area contributed by atoms with Crippen molar-refractivity contribution in [2.75, 3.05) is 6.54 Å². The molecule has 0 fully saturated rings. The number of unbranched alkanes of at least 4 members (excludes halogenated alkanes) is 1. The minimum absolute atomic E-state index is 0.132. The fraction of sp³-hybridized carbons (Fsp3) is 0.286. The van der Waals surface area contributed by atoms with E-state index in [1.165, 1.54) is 0 Å². The van der Waals surface area contributed by atoms with Gasteiger partial charge in [-0.1, -0.05) is 54.1 Å². The van der Waals surface area contributed by atoms with Crippen molar-refractivity contribution >= 4 is 21.6 Å².